The molecule has 0 aromatic heterocycles. The van der Waals surface area contributed by atoms with Gasteiger partial charge in [0.2, 0.25) is 5.91 Å². The number of carbonyl (C=O) groups is 1. The molecule has 2 rings (SSSR count). The lowest BCUT2D eigenvalue weighted by Gasteiger charge is -2.20. The van der Waals surface area contributed by atoms with E-state index in [1.165, 1.54) is 24.0 Å². The number of likely N-dealkylation sites (tertiary alicyclic amines) is 1. The summed E-state index contributed by atoms with van der Waals surface area (Å²) in [6, 6.07) is 3.27. The van der Waals surface area contributed by atoms with Crippen molar-refractivity contribution in [3.8, 4) is 0 Å². The van der Waals surface area contributed by atoms with Crippen LogP contribution in [0.25, 0.3) is 0 Å². The van der Waals surface area contributed by atoms with E-state index in [4.69, 9.17) is 5.73 Å². The molecule has 1 amide bonds. The van der Waals surface area contributed by atoms with Gasteiger partial charge in [0.15, 0.2) is 9.84 Å². The van der Waals surface area contributed by atoms with E-state index in [1.807, 2.05) is 0 Å². The fourth-order valence-electron chi connectivity index (χ4n) is 2.22. The minimum Gasteiger partial charge on any atom is -0.396 e. The molecule has 20 heavy (non-hydrogen) atoms. The smallest absolute Gasteiger partial charge is 0.241 e. The summed E-state index contributed by atoms with van der Waals surface area (Å²) in [5, 5.41) is -1.22. The van der Waals surface area contributed by atoms with Gasteiger partial charge in [-0.1, -0.05) is 0 Å². The number of nitrogen functional groups attached to an aromatic ring is 1. The van der Waals surface area contributed by atoms with Gasteiger partial charge >= 0.3 is 0 Å². The van der Waals surface area contributed by atoms with Crippen LogP contribution >= 0.6 is 0 Å². The number of rotatable bonds is 3. The highest BCUT2D eigenvalue weighted by Gasteiger charge is 2.34. The van der Waals surface area contributed by atoms with Crippen molar-refractivity contribution < 1.29 is 17.6 Å². The van der Waals surface area contributed by atoms with Crippen LogP contribution in [0.1, 0.15) is 19.8 Å². The zero-order chi connectivity index (χ0) is 14.9. The third kappa shape index (κ3) is 2.63. The molecule has 0 bridgehead atoms. The maximum absolute atomic E-state index is 13.4. The molecule has 5 nitrogen and oxygen atoms in total. The number of halogens is 1. The average Bonchev–Trinajstić information content (AvgIpc) is 2.94. The third-order valence-corrected chi connectivity index (χ3v) is 5.57. The van der Waals surface area contributed by atoms with Crippen molar-refractivity contribution in [1.29, 1.82) is 0 Å². The van der Waals surface area contributed by atoms with Crippen molar-refractivity contribution >= 4 is 21.4 Å². The highest BCUT2D eigenvalue weighted by molar-refractivity contribution is 7.92. The Balaban J connectivity index is 2.28. The molecule has 1 aliphatic heterocycles. The molecule has 1 aliphatic rings. The summed E-state index contributed by atoms with van der Waals surface area (Å²) in [6.45, 7) is 2.49. The largest absolute Gasteiger partial charge is 0.396 e. The molecule has 110 valence electrons. The number of nitrogens with two attached hydrogens (primary N) is 1. The second-order valence-corrected chi connectivity index (χ2v) is 7.17. The quantitative estimate of drug-likeness (QED) is 0.850. The standard InChI is InChI=1S/C13H17FN2O3S/c1-9(13(17)16-6-2-3-7-16)20(18,19)10-4-5-12(15)11(14)8-10/h4-5,8-9H,2-3,6-7,15H2,1H3. The Bertz CT molecular complexity index is 625. The molecule has 2 N–H and O–H groups in total. The monoisotopic (exact) mass is 300 g/mol. The molecule has 7 heteroatoms. The summed E-state index contributed by atoms with van der Waals surface area (Å²) < 4.78 is 38.1. The van der Waals surface area contributed by atoms with Crippen molar-refractivity contribution in [2.24, 2.45) is 0 Å². The molecule has 1 saturated heterocycles. The van der Waals surface area contributed by atoms with E-state index in [2.05, 4.69) is 0 Å². The first-order valence-electron chi connectivity index (χ1n) is 6.42. The van der Waals surface area contributed by atoms with E-state index in [1.54, 1.807) is 0 Å². The van der Waals surface area contributed by atoms with Crippen LogP contribution < -0.4 is 5.73 Å². The number of hydrogen-bond donors (Lipinski definition) is 1. The van der Waals surface area contributed by atoms with Gasteiger partial charge in [0.25, 0.3) is 0 Å². The first-order chi connectivity index (χ1) is 9.34. The van der Waals surface area contributed by atoms with Gasteiger partial charge in [-0.25, -0.2) is 12.8 Å². The van der Waals surface area contributed by atoms with Crippen LogP contribution in [0.4, 0.5) is 10.1 Å². The fourth-order valence-corrected chi connectivity index (χ4v) is 3.56. The molecule has 1 aromatic carbocycles. The van der Waals surface area contributed by atoms with Crippen LogP contribution in [0.2, 0.25) is 0 Å². The summed E-state index contributed by atoms with van der Waals surface area (Å²) in [4.78, 5) is 13.5. The predicted octanol–water partition coefficient (Wildman–Crippen LogP) is 1.19. The summed E-state index contributed by atoms with van der Waals surface area (Å²) in [6.07, 6.45) is 1.77. The zero-order valence-electron chi connectivity index (χ0n) is 11.2. The Kier molecular flexibility index (Phi) is 3.99. The molecule has 0 radical (unpaired) electrons. The molecule has 1 aromatic rings. The van der Waals surface area contributed by atoms with E-state index in [0.717, 1.165) is 18.9 Å². The maximum atomic E-state index is 13.4. The zero-order valence-corrected chi connectivity index (χ0v) is 12.0. The Hall–Kier alpha value is -1.63. The van der Waals surface area contributed by atoms with Crippen molar-refractivity contribution in [1.82, 2.24) is 4.90 Å². The molecule has 1 atom stereocenters. The van der Waals surface area contributed by atoms with Crippen LogP contribution in [0.5, 0.6) is 0 Å². The lowest BCUT2D eigenvalue weighted by atomic mass is 10.3. The Labute approximate surface area is 117 Å². The second kappa shape index (κ2) is 5.40. The third-order valence-electron chi connectivity index (χ3n) is 3.53. The molecule has 0 spiro atoms. The van der Waals surface area contributed by atoms with Gasteiger partial charge in [-0.2, -0.15) is 0 Å². The van der Waals surface area contributed by atoms with Gasteiger partial charge in [-0.15, -0.1) is 0 Å². The molecule has 1 unspecified atom stereocenters. The molecule has 0 aliphatic carbocycles. The van der Waals surface area contributed by atoms with E-state index in [9.17, 15) is 17.6 Å². The van der Waals surface area contributed by atoms with Gasteiger partial charge in [0.05, 0.1) is 10.6 Å². The normalized spacial score (nSPS) is 17.2. The van der Waals surface area contributed by atoms with Gasteiger partial charge in [0.1, 0.15) is 11.1 Å². The average molecular weight is 300 g/mol. The van der Waals surface area contributed by atoms with Gasteiger partial charge in [-0.3, -0.25) is 4.79 Å². The van der Waals surface area contributed by atoms with Crippen molar-refractivity contribution in [2.75, 3.05) is 18.8 Å². The van der Waals surface area contributed by atoms with Crippen molar-refractivity contribution in [3.05, 3.63) is 24.0 Å². The molecular formula is C13H17FN2O3S. The van der Waals surface area contributed by atoms with Gasteiger partial charge in [-0.05, 0) is 38.0 Å². The fraction of sp³-hybridized carbons (Fsp3) is 0.462. The van der Waals surface area contributed by atoms with Gasteiger partial charge in [0, 0.05) is 13.1 Å². The number of sulfone groups is 1. The Morgan fingerprint density at radius 3 is 2.50 bits per heavy atom. The van der Waals surface area contributed by atoms with E-state index in [0.29, 0.717) is 13.1 Å². The lowest BCUT2D eigenvalue weighted by molar-refractivity contribution is -0.129. The minimum absolute atomic E-state index is 0.123. The lowest BCUT2D eigenvalue weighted by Crippen LogP contribution is -2.39. The van der Waals surface area contributed by atoms with Crippen molar-refractivity contribution in [3.63, 3.8) is 0 Å². The minimum atomic E-state index is -3.90. The summed E-state index contributed by atoms with van der Waals surface area (Å²) in [7, 11) is -3.90. The number of hydrogen-bond acceptors (Lipinski definition) is 4. The predicted molar refractivity (Wildman–Crippen MR) is 73.3 cm³/mol. The Morgan fingerprint density at radius 2 is 1.95 bits per heavy atom. The number of benzene rings is 1. The number of amides is 1. The first-order valence-corrected chi connectivity index (χ1v) is 7.96. The van der Waals surface area contributed by atoms with E-state index in [-0.39, 0.29) is 10.6 Å². The second-order valence-electron chi connectivity index (χ2n) is 4.90. The van der Waals surface area contributed by atoms with Crippen molar-refractivity contribution in [2.45, 2.75) is 29.9 Å². The topological polar surface area (TPSA) is 80.5 Å². The molecular weight excluding hydrogens is 283 g/mol. The van der Waals surface area contributed by atoms with Crippen LogP contribution in [-0.2, 0) is 14.6 Å². The SMILES string of the molecule is CC(C(=O)N1CCCC1)S(=O)(=O)c1ccc(N)c(F)c1. The summed E-state index contributed by atoms with van der Waals surface area (Å²) in [5.74, 6) is -1.23. The molecule has 1 fully saturated rings. The number of anilines is 1. The molecule has 1 heterocycles. The Morgan fingerprint density at radius 1 is 1.35 bits per heavy atom. The van der Waals surface area contributed by atoms with Crippen LogP contribution in [0.15, 0.2) is 23.1 Å². The highest BCUT2D eigenvalue weighted by Crippen LogP contribution is 2.22. The van der Waals surface area contributed by atoms with E-state index < -0.39 is 26.8 Å². The van der Waals surface area contributed by atoms with E-state index >= 15 is 0 Å². The number of carbonyl (C=O) groups excluding carboxylic acids is 1. The summed E-state index contributed by atoms with van der Waals surface area (Å²) in [5.41, 5.74) is 5.20. The first kappa shape index (κ1) is 14.8. The van der Waals surface area contributed by atoms with Gasteiger partial charge < -0.3 is 10.6 Å². The molecule has 0 saturated carbocycles. The van der Waals surface area contributed by atoms with Crippen LogP contribution in [0, 0.1) is 5.82 Å². The maximum Gasteiger partial charge on any atom is 0.241 e. The summed E-state index contributed by atoms with van der Waals surface area (Å²) >= 11 is 0. The van der Waals surface area contributed by atoms with Crippen LogP contribution in [0.3, 0.4) is 0 Å². The van der Waals surface area contributed by atoms with Crippen LogP contribution in [-0.4, -0.2) is 37.6 Å². The number of nitrogens with zero attached hydrogens (tertiary/aromatic N) is 1. The highest BCUT2D eigenvalue weighted by atomic mass is 32.2.